The highest BCUT2D eigenvalue weighted by Crippen LogP contribution is 2.61. The van der Waals surface area contributed by atoms with Crippen LogP contribution in [0.5, 0.6) is 0 Å². The maximum Gasteiger partial charge on any atom is 0.160 e. The molecule has 0 N–H and O–H groups in total. The fourth-order valence-electron chi connectivity index (χ4n) is 8.16. The summed E-state index contributed by atoms with van der Waals surface area (Å²) in [5.41, 5.74) is 14.7. The van der Waals surface area contributed by atoms with E-state index in [1.54, 1.807) is 0 Å². The molecular formula is C48H34N4. The van der Waals surface area contributed by atoms with Crippen molar-refractivity contribution in [2.75, 3.05) is 9.80 Å². The Morgan fingerprint density at radius 3 is 1.46 bits per heavy atom. The molecule has 0 bridgehead atoms. The standard InChI is InChI=1S/C48H34N4/c1-4-17-33(18-5-1)41-32-42(34-19-6-2-7-20-34)50-48(49-41)35-21-16-24-37(31-35)52-44-29-14-11-26-39(44)46-38-25-10-13-28-43(38)51(36-22-8-3-9-23-36)45-30-15-12-27-40(45)47(46)52/h1-32,46-47H. The van der Waals surface area contributed by atoms with Crippen molar-refractivity contribution in [3.63, 3.8) is 0 Å². The second kappa shape index (κ2) is 12.5. The van der Waals surface area contributed by atoms with Crippen molar-refractivity contribution in [2.45, 2.75) is 12.0 Å². The van der Waals surface area contributed by atoms with Crippen LogP contribution in [0.15, 0.2) is 194 Å². The predicted octanol–water partition coefficient (Wildman–Crippen LogP) is 12.3. The number of aromatic nitrogens is 2. The molecule has 0 saturated heterocycles. The molecule has 0 spiro atoms. The Morgan fingerprint density at radius 2 is 0.827 bits per heavy atom. The van der Waals surface area contributed by atoms with E-state index >= 15 is 0 Å². The SMILES string of the molecule is c1ccc(-c2cc(-c3ccccc3)nc(-c3cccc(N4c5ccccc5C5c6ccccc6N(c6ccccc6)c6ccccc6C54)c3)n2)cc1. The van der Waals surface area contributed by atoms with Crippen molar-refractivity contribution in [1.82, 2.24) is 9.97 Å². The first-order valence-corrected chi connectivity index (χ1v) is 17.8. The number of benzene rings is 7. The van der Waals surface area contributed by atoms with Crippen molar-refractivity contribution >= 4 is 28.4 Å². The summed E-state index contributed by atoms with van der Waals surface area (Å²) in [4.78, 5) is 15.3. The zero-order valence-corrected chi connectivity index (χ0v) is 28.4. The Kier molecular flexibility index (Phi) is 7.24. The Balaban J connectivity index is 1.17. The van der Waals surface area contributed by atoms with Crippen LogP contribution in [0.4, 0.5) is 28.4 Å². The Bertz CT molecular complexity index is 2490. The molecule has 0 saturated carbocycles. The minimum atomic E-state index is 0.00941. The van der Waals surface area contributed by atoms with E-state index in [9.17, 15) is 0 Å². The van der Waals surface area contributed by atoms with E-state index in [0.717, 1.165) is 39.5 Å². The molecule has 52 heavy (non-hydrogen) atoms. The van der Waals surface area contributed by atoms with Crippen LogP contribution < -0.4 is 9.80 Å². The van der Waals surface area contributed by atoms with Gasteiger partial charge in [0.15, 0.2) is 5.82 Å². The van der Waals surface area contributed by atoms with Crippen LogP contribution in [-0.2, 0) is 0 Å². The summed E-state index contributed by atoms with van der Waals surface area (Å²) in [6.45, 7) is 0. The molecule has 0 fully saturated rings. The van der Waals surface area contributed by atoms with Crippen LogP contribution in [0.1, 0.15) is 28.7 Å². The van der Waals surface area contributed by atoms with Crippen molar-refractivity contribution in [1.29, 1.82) is 0 Å². The summed E-state index contributed by atoms with van der Waals surface area (Å²) in [5, 5.41) is 0. The fraction of sp³-hybridized carbons (Fsp3) is 0.0417. The van der Waals surface area contributed by atoms with Crippen molar-refractivity contribution < 1.29 is 0 Å². The Labute approximate surface area is 304 Å². The van der Waals surface area contributed by atoms with Crippen molar-refractivity contribution in [3.8, 4) is 33.9 Å². The molecule has 0 radical (unpaired) electrons. The van der Waals surface area contributed by atoms with Crippen molar-refractivity contribution in [2.24, 2.45) is 0 Å². The molecule has 2 atom stereocenters. The zero-order chi connectivity index (χ0) is 34.4. The Morgan fingerprint density at radius 1 is 0.365 bits per heavy atom. The van der Waals surface area contributed by atoms with E-state index in [2.05, 4.69) is 192 Å². The zero-order valence-electron chi connectivity index (χ0n) is 28.4. The van der Waals surface area contributed by atoms with E-state index in [1.165, 1.54) is 33.8 Å². The predicted molar refractivity (Wildman–Crippen MR) is 213 cm³/mol. The van der Waals surface area contributed by atoms with Gasteiger partial charge in [-0.2, -0.15) is 0 Å². The summed E-state index contributed by atoms with van der Waals surface area (Å²) in [5.74, 6) is 0.807. The van der Waals surface area contributed by atoms with Gasteiger partial charge in [0.05, 0.1) is 28.8 Å². The number of rotatable bonds is 5. The Hall–Kier alpha value is -6.78. The summed E-state index contributed by atoms with van der Waals surface area (Å²) in [6, 6.07) is 69.2. The lowest BCUT2D eigenvalue weighted by Crippen LogP contribution is -2.22. The van der Waals surface area contributed by atoms with Gasteiger partial charge < -0.3 is 9.80 Å². The van der Waals surface area contributed by atoms with Crippen LogP contribution in [0.3, 0.4) is 0 Å². The lowest BCUT2D eigenvalue weighted by molar-refractivity contribution is 0.665. The van der Waals surface area contributed by atoms with Crippen LogP contribution in [0, 0.1) is 0 Å². The first-order valence-electron chi connectivity index (χ1n) is 17.8. The van der Waals surface area contributed by atoms with Crippen LogP contribution in [0.25, 0.3) is 33.9 Å². The van der Waals surface area contributed by atoms with E-state index < -0.39 is 0 Å². The van der Waals surface area contributed by atoms with Gasteiger partial charge in [-0.1, -0.05) is 146 Å². The van der Waals surface area contributed by atoms with Gasteiger partial charge in [-0.05, 0) is 65.2 Å². The molecule has 7 aromatic carbocycles. The second-order valence-electron chi connectivity index (χ2n) is 13.4. The molecule has 3 heterocycles. The molecule has 0 aliphatic carbocycles. The highest BCUT2D eigenvalue weighted by atomic mass is 15.2. The summed E-state index contributed by atoms with van der Waals surface area (Å²) in [7, 11) is 0. The number of hydrogen-bond donors (Lipinski definition) is 0. The molecule has 4 heteroatoms. The number of anilines is 5. The molecule has 2 aliphatic heterocycles. The molecule has 10 rings (SSSR count). The molecule has 4 nitrogen and oxygen atoms in total. The summed E-state index contributed by atoms with van der Waals surface area (Å²) < 4.78 is 0. The third kappa shape index (κ3) is 4.99. The molecule has 0 amide bonds. The normalized spacial score (nSPS) is 15.6. The fourth-order valence-corrected chi connectivity index (χ4v) is 8.16. The second-order valence-corrected chi connectivity index (χ2v) is 13.4. The van der Waals surface area contributed by atoms with Crippen molar-refractivity contribution in [3.05, 3.63) is 211 Å². The van der Waals surface area contributed by atoms with Crippen LogP contribution in [-0.4, -0.2) is 9.97 Å². The molecular weight excluding hydrogens is 633 g/mol. The van der Waals surface area contributed by atoms with E-state index in [1.807, 2.05) is 12.1 Å². The van der Waals surface area contributed by atoms with Gasteiger partial charge in [-0.15, -0.1) is 0 Å². The van der Waals surface area contributed by atoms with Gasteiger partial charge in [0, 0.05) is 39.7 Å². The van der Waals surface area contributed by atoms with Crippen LogP contribution in [0.2, 0.25) is 0 Å². The minimum Gasteiger partial charge on any atom is -0.333 e. The number of hydrogen-bond acceptors (Lipinski definition) is 4. The molecule has 8 aromatic rings. The van der Waals surface area contributed by atoms with Gasteiger partial charge in [0.25, 0.3) is 0 Å². The number of para-hydroxylation sites is 4. The van der Waals surface area contributed by atoms with Gasteiger partial charge in [-0.25, -0.2) is 9.97 Å². The third-order valence-corrected chi connectivity index (χ3v) is 10.4. The monoisotopic (exact) mass is 666 g/mol. The largest absolute Gasteiger partial charge is 0.333 e. The number of fused-ring (bicyclic) bond motifs is 7. The maximum atomic E-state index is 5.18. The number of nitrogens with zero attached hydrogens (tertiary/aromatic N) is 4. The third-order valence-electron chi connectivity index (χ3n) is 10.4. The minimum absolute atomic E-state index is 0.00941. The average molecular weight is 667 g/mol. The molecule has 246 valence electrons. The summed E-state index contributed by atoms with van der Waals surface area (Å²) >= 11 is 0. The maximum absolute atomic E-state index is 5.18. The van der Waals surface area contributed by atoms with Crippen LogP contribution >= 0.6 is 0 Å². The highest BCUT2D eigenvalue weighted by Gasteiger charge is 2.45. The first-order chi connectivity index (χ1) is 25.8. The highest BCUT2D eigenvalue weighted by molar-refractivity contribution is 5.88. The topological polar surface area (TPSA) is 32.3 Å². The van der Waals surface area contributed by atoms with E-state index in [4.69, 9.17) is 9.97 Å². The van der Waals surface area contributed by atoms with Gasteiger partial charge in [-0.3, -0.25) is 0 Å². The lowest BCUT2D eigenvalue weighted by Gasteiger charge is -2.32. The quantitative estimate of drug-likeness (QED) is 0.183. The van der Waals surface area contributed by atoms with Gasteiger partial charge in [0.1, 0.15) is 0 Å². The lowest BCUT2D eigenvalue weighted by atomic mass is 9.84. The van der Waals surface area contributed by atoms with E-state index in [0.29, 0.717) is 5.82 Å². The van der Waals surface area contributed by atoms with Gasteiger partial charge in [0.2, 0.25) is 0 Å². The molecule has 1 aromatic heterocycles. The molecule has 2 unspecified atom stereocenters. The summed E-state index contributed by atoms with van der Waals surface area (Å²) in [6.07, 6.45) is 0. The smallest absolute Gasteiger partial charge is 0.160 e. The molecule has 2 aliphatic rings. The van der Waals surface area contributed by atoms with Gasteiger partial charge >= 0.3 is 0 Å². The van der Waals surface area contributed by atoms with E-state index in [-0.39, 0.29) is 12.0 Å². The first kappa shape index (κ1) is 30.1. The average Bonchev–Trinajstić information content (AvgIpc) is 3.51.